The highest BCUT2D eigenvalue weighted by Gasteiger charge is 2.06. The van der Waals surface area contributed by atoms with Gasteiger partial charge in [0.05, 0.1) is 17.6 Å². The Kier molecular flexibility index (Phi) is 3.62. The van der Waals surface area contributed by atoms with E-state index < -0.39 is 0 Å². The highest BCUT2D eigenvalue weighted by molar-refractivity contribution is 5.73. The molecule has 0 saturated carbocycles. The maximum atomic E-state index is 12.8. The molecular weight excluding hydrogens is 219 g/mol. The number of nitrogens with one attached hydrogen (secondary N) is 1. The molecule has 0 radical (unpaired) electrons. The van der Waals surface area contributed by atoms with E-state index in [0.29, 0.717) is 13.1 Å². The number of benzene rings is 1. The van der Waals surface area contributed by atoms with Gasteiger partial charge in [0.2, 0.25) is 0 Å². The summed E-state index contributed by atoms with van der Waals surface area (Å²) in [6, 6.07) is 6.19. The van der Waals surface area contributed by atoms with E-state index in [1.165, 1.54) is 18.5 Å². The van der Waals surface area contributed by atoms with Gasteiger partial charge in [-0.05, 0) is 24.3 Å². The Hall–Kier alpha value is -2.01. The number of anilines is 1. The molecule has 3 N–H and O–H groups in total. The first-order chi connectivity index (χ1) is 8.31. The fourth-order valence-corrected chi connectivity index (χ4v) is 1.50. The van der Waals surface area contributed by atoms with E-state index >= 15 is 0 Å². The number of aromatic nitrogens is 2. The monoisotopic (exact) mass is 232 g/mol. The first-order valence-corrected chi connectivity index (χ1v) is 5.31. The third-order valence-corrected chi connectivity index (χ3v) is 2.29. The number of hydrogen-bond acceptors (Lipinski definition) is 4. The largest absolute Gasteiger partial charge is 0.381 e. The molecule has 1 aromatic carbocycles. The van der Waals surface area contributed by atoms with E-state index in [1.54, 1.807) is 18.3 Å². The summed E-state index contributed by atoms with van der Waals surface area (Å²) in [6.45, 7) is 1.17. The van der Waals surface area contributed by atoms with Gasteiger partial charge in [-0.3, -0.25) is 0 Å². The molecule has 4 nitrogen and oxygen atoms in total. The maximum Gasteiger partial charge on any atom is 0.123 e. The SMILES string of the molecule is NCCNc1cncnc1-c1ccc(F)cc1. The summed E-state index contributed by atoms with van der Waals surface area (Å²) >= 11 is 0. The average molecular weight is 232 g/mol. The standard InChI is InChI=1S/C12H13FN4/c13-10-3-1-9(2-4-10)12-11(16-6-5-14)7-15-8-17-12/h1-4,7-8,16H,5-6,14H2. The Morgan fingerprint density at radius 2 is 2.00 bits per heavy atom. The normalized spacial score (nSPS) is 10.2. The predicted octanol–water partition coefficient (Wildman–Crippen LogP) is 1.65. The molecule has 0 amide bonds. The highest BCUT2D eigenvalue weighted by Crippen LogP contribution is 2.24. The molecule has 5 heteroatoms. The van der Waals surface area contributed by atoms with Gasteiger partial charge >= 0.3 is 0 Å². The molecule has 1 aromatic heterocycles. The van der Waals surface area contributed by atoms with Gasteiger partial charge in [-0.25, -0.2) is 14.4 Å². The fraction of sp³-hybridized carbons (Fsp3) is 0.167. The summed E-state index contributed by atoms with van der Waals surface area (Å²) in [5, 5.41) is 3.13. The molecule has 0 fully saturated rings. The van der Waals surface area contributed by atoms with Crippen LogP contribution in [-0.4, -0.2) is 23.1 Å². The summed E-state index contributed by atoms with van der Waals surface area (Å²) in [7, 11) is 0. The summed E-state index contributed by atoms with van der Waals surface area (Å²) in [4.78, 5) is 8.15. The summed E-state index contributed by atoms with van der Waals surface area (Å²) in [6.07, 6.45) is 3.15. The molecule has 88 valence electrons. The third kappa shape index (κ3) is 2.76. The Morgan fingerprint density at radius 1 is 1.24 bits per heavy atom. The van der Waals surface area contributed by atoms with E-state index in [4.69, 9.17) is 5.73 Å². The summed E-state index contributed by atoms with van der Waals surface area (Å²) in [5.74, 6) is -0.265. The van der Waals surface area contributed by atoms with E-state index in [-0.39, 0.29) is 5.82 Å². The van der Waals surface area contributed by atoms with Crippen molar-refractivity contribution >= 4 is 5.69 Å². The van der Waals surface area contributed by atoms with Gasteiger partial charge in [-0.2, -0.15) is 0 Å². The van der Waals surface area contributed by atoms with Crippen molar-refractivity contribution in [2.75, 3.05) is 18.4 Å². The van der Waals surface area contributed by atoms with E-state index in [0.717, 1.165) is 16.9 Å². The lowest BCUT2D eigenvalue weighted by molar-refractivity contribution is 0.628. The second-order valence-electron chi connectivity index (χ2n) is 3.51. The lowest BCUT2D eigenvalue weighted by Crippen LogP contribution is -2.14. The van der Waals surface area contributed by atoms with Gasteiger partial charge in [0.25, 0.3) is 0 Å². The minimum Gasteiger partial charge on any atom is -0.381 e. The second kappa shape index (κ2) is 5.36. The van der Waals surface area contributed by atoms with Crippen LogP contribution in [0.2, 0.25) is 0 Å². The van der Waals surface area contributed by atoms with Gasteiger partial charge in [0.15, 0.2) is 0 Å². The van der Waals surface area contributed by atoms with Crippen LogP contribution in [0.4, 0.5) is 10.1 Å². The van der Waals surface area contributed by atoms with E-state index in [2.05, 4.69) is 15.3 Å². The van der Waals surface area contributed by atoms with Gasteiger partial charge in [-0.15, -0.1) is 0 Å². The Bertz CT molecular complexity index is 484. The maximum absolute atomic E-state index is 12.8. The molecule has 0 unspecified atom stereocenters. The first kappa shape index (κ1) is 11.5. The van der Waals surface area contributed by atoms with Gasteiger partial charge in [-0.1, -0.05) is 0 Å². The molecule has 17 heavy (non-hydrogen) atoms. The number of halogens is 1. The van der Waals surface area contributed by atoms with E-state index in [9.17, 15) is 4.39 Å². The number of rotatable bonds is 4. The third-order valence-electron chi connectivity index (χ3n) is 2.29. The summed E-state index contributed by atoms with van der Waals surface area (Å²) < 4.78 is 12.8. The zero-order valence-electron chi connectivity index (χ0n) is 9.23. The molecule has 0 saturated heterocycles. The Morgan fingerprint density at radius 3 is 2.71 bits per heavy atom. The first-order valence-electron chi connectivity index (χ1n) is 5.31. The zero-order chi connectivity index (χ0) is 12.1. The van der Waals surface area contributed by atoms with Crippen LogP contribution in [0, 0.1) is 5.82 Å². The minimum atomic E-state index is -0.265. The molecule has 2 rings (SSSR count). The van der Waals surface area contributed by atoms with Gasteiger partial charge in [0.1, 0.15) is 12.1 Å². The molecule has 1 heterocycles. The molecular formula is C12H13FN4. The lowest BCUT2D eigenvalue weighted by atomic mass is 10.1. The van der Waals surface area contributed by atoms with Crippen molar-refractivity contribution in [3.63, 3.8) is 0 Å². The minimum absolute atomic E-state index is 0.265. The van der Waals surface area contributed by atoms with Crippen molar-refractivity contribution < 1.29 is 4.39 Å². The van der Waals surface area contributed by atoms with Crippen molar-refractivity contribution in [1.82, 2.24) is 9.97 Å². The number of nitrogens with zero attached hydrogens (tertiary/aromatic N) is 2. The van der Waals surface area contributed by atoms with Crippen LogP contribution >= 0.6 is 0 Å². The van der Waals surface area contributed by atoms with Crippen LogP contribution in [0.3, 0.4) is 0 Å². The Balaban J connectivity index is 2.33. The van der Waals surface area contributed by atoms with Crippen LogP contribution in [-0.2, 0) is 0 Å². The molecule has 0 bridgehead atoms. The zero-order valence-corrected chi connectivity index (χ0v) is 9.23. The fourth-order valence-electron chi connectivity index (χ4n) is 1.50. The molecule has 0 aliphatic heterocycles. The average Bonchev–Trinajstić information content (AvgIpc) is 2.38. The van der Waals surface area contributed by atoms with Crippen molar-refractivity contribution in [2.45, 2.75) is 0 Å². The molecule has 0 atom stereocenters. The quantitative estimate of drug-likeness (QED) is 0.841. The van der Waals surface area contributed by atoms with Crippen LogP contribution in [0.1, 0.15) is 0 Å². The highest BCUT2D eigenvalue weighted by atomic mass is 19.1. The van der Waals surface area contributed by atoms with Crippen LogP contribution in [0.15, 0.2) is 36.8 Å². The van der Waals surface area contributed by atoms with Gasteiger partial charge < -0.3 is 11.1 Å². The Labute approximate surface area is 98.7 Å². The van der Waals surface area contributed by atoms with Crippen molar-refractivity contribution in [3.8, 4) is 11.3 Å². The number of nitrogens with two attached hydrogens (primary N) is 1. The van der Waals surface area contributed by atoms with Crippen LogP contribution < -0.4 is 11.1 Å². The van der Waals surface area contributed by atoms with Crippen LogP contribution in [0.5, 0.6) is 0 Å². The van der Waals surface area contributed by atoms with E-state index in [1.807, 2.05) is 0 Å². The van der Waals surface area contributed by atoms with Crippen molar-refractivity contribution in [2.24, 2.45) is 5.73 Å². The number of hydrogen-bond donors (Lipinski definition) is 2. The topological polar surface area (TPSA) is 63.8 Å². The van der Waals surface area contributed by atoms with Gasteiger partial charge in [0, 0.05) is 18.7 Å². The van der Waals surface area contributed by atoms with Crippen molar-refractivity contribution in [1.29, 1.82) is 0 Å². The second-order valence-corrected chi connectivity index (χ2v) is 3.51. The summed E-state index contributed by atoms with van der Waals surface area (Å²) in [5.41, 5.74) is 7.81. The lowest BCUT2D eigenvalue weighted by Gasteiger charge is -2.09. The van der Waals surface area contributed by atoms with Crippen LogP contribution in [0.25, 0.3) is 11.3 Å². The molecule has 0 spiro atoms. The van der Waals surface area contributed by atoms with Crippen molar-refractivity contribution in [3.05, 3.63) is 42.6 Å². The molecule has 2 aromatic rings. The predicted molar refractivity (Wildman–Crippen MR) is 65.0 cm³/mol. The molecule has 0 aliphatic carbocycles. The molecule has 0 aliphatic rings. The smallest absolute Gasteiger partial charge is 0.123 e.